The van der Waals surface area contributed by atoms with E-state index in [0.717, 1.165) is 50.8 Å². The van der Waals surface area contributed by atoms with Crippen LogP contribution in [-0.4, -0.2) is 71.3 Å². The number of hydrogen-bond acceptors (Lipinski definition) is 6. The molecule has 8 heteroatoms. The van der Waals surface area contributed by atoms with Crippen LogP contribution in [0, 0.1) is 5.92 Å². The average molecular weight is 460 g/mol. The van der Waals surface area contributed by atoms with Gasteiger partial charge in [0.2, 0.25) is 0 Å². The van der Waals surface area contributed by atoms with E-state index in [0.29, 0.717) is 38.5 Å². The van der Waals surface area contributed by atoms with Crippen LogP contribution in [0.25, 0.3) is 0 Å². The maximum Gasteiger partial charge on any atom is 0.325 e. The van der Waals surface area contributed by atoms with Gasteiger partial charge in [-0.2, -0.15) is 0 Å². The molecule has 0 bridgehead atoms. The highest BCUT2D eigenvalue weighted by Crippen LogP contribution is 2.38. The third-order valence-electron chi connectivity index (χ3n) is 7.32. The summed E-state index contributed by atoms with van der Waals surface area (Å²) in [6.45, 7) is 7.77. The Morgan fingerprint density at radius 3 is 2.67 bits per heavy atom. The molecule has 2 atom stereocenters. The van der Waals surface area contributed by atoms with Crippen LogP contribution in [0.2, 0.25) is 0 Å². The number of para-hydroxylation sites is 1. The highest BCUT2D eigenvalue weighted by molar-refractivity contribution is 6.07. The number of benzene rings is 1. The van der Waals surface area contributed by atoms with Crippen molar-refractivity contribution in [2.45, 2.75) is 70.6 Å². The summed E-state index contributed by atoms with van der Waals surface area (Å²) < 4.78 is 11.2. The minimum atomic E-state index is -0.812. The highest BCUT2D eigenvalue weighted by atomic mass is 16.5. The van der Waals surface area contributed by atoms with Crippen LogP contribution in [0.5, 0.6) is 11.5 Å². The maximum absolute atomic E-state index is 13.6. The summed E-state index contributed by atoms with van der Waals surface area (Å²) in [6, 6.07) is 5.33. The van der Waals surface area contributed by atoms with E-state index >= 15 is 0 Å². The molecule has 0 aromatic heterocycles. The zero-order valence-electron chi connectivity index (χ0n) is 19.8. The fraction of sp³-hybridized carbons (Fsp3) is 0.680. The molecule has 1 aromatic carbocycles. The summed E-state index contributed by atoms with van der Waals surface area (Å²) in [5.74, 6) is 0.734. The van der Waals surface area contributed by atoms with E-state index in [1.54, 1.807) is 6.07 Å². The van der Waals surface area contributed by atoms with Gasteiger partial charge in [0, 0.05) is 18.7 Å². The number of piperidine rings is 1. The molecule has 8 nitrogen and oxygen atoms in total. The van der Waals surface area contributed by atoms with Gasteiger partial charge in [0.25, 0.3) is 5.91 Å². The summed E-state index contributed by atoms with van der Waals surface area (Å²) in [5, 5.41) is 13.7. The summed E-state index contributed by atoms with van der Waals surface area (Å²) in [4.78, 5) is 30.1. The molecule has 182 valence electrons. The number of nitrogens with one attached hydrogen (secondary N) is 1. The number of amides is 3. The molecule has 0 radical (unpaired) electrons. The van der Waals surface area contributed by atoms with Crippen LogP contribution in [0.15, 0.2) is 18.2 Å². The van der Waals surface area contributed by atoms with E-state index < -0.39 is 5.54 Å². The largest absolute Gasteiger partial charge is 0.504 e. The molecule has 0 saturated carbocycles. The minimum Gasteiger partial charge on any atom is -0.504 e. The predicted molar refractivity (Wildman–Crippen MR) is 124 cm³/mol. The van der Waals surface area contributed by atoms with Crippen molar-refractivity contribution in [1.29, 1.82) is 0 Å². The van der Waals surface area contributed by atoms with Gasteiger partial charge in [-0.25, -0.2) is 4.79 Å². The van der Waals surface area contributed by atoms with E-state index in [9.17, 15) is 14.7 Å². The number of imide groups is 1. The molecule has 4 rings (SSSR count). The van der Waals surface area contributed by atoms with Crippen molar-refractivity contribution >= 4 is 11.9 Å². The van der Waals surface area contributed by atoms with Crippen LogP contribution >= 0.6 is 0 Å². The van der Waals surface area contributed by atoms with E-state index in [-0.39, 0.29) is 29.7 Å². The van der Waals surface area contributed by atoms with Gasteiger partial charge >= 0.3 is 6.03 Å². The molecule has 2 N–H and O–H groups in total. The molecular formula is C25H37N3O5. The maximum atomic E-state index is 13.6. The topological polar surface area (TPSA) is 91.3 Å². The summed E-state index contributed by atoms with van der Waals surface area (Å²) in [7, 11) is 0. The first-order valence-electron chi connectivity index (χ1n) is 12.4. The van der Waals surface area contributed by atoms with Gasteiger partial charge in [-0.1, -0.05) is 25.5 Å². The first-order valence-corrected chi connectivity index (χ1v) is 12.4. The molecule has 33 heavy (non-hydrogen) atoms. The molecule has 3 amide bonds. The number of urea groups is 1. The Hall–Kier alpha value is -2.32. The number of hydrogen-bond donors (Lipinski definition) is 2. The summed E-state index contributed by atoms with van der Waals surface area (Å²) in [5.41, 5.74) is 0.0312. The zero-order chi connectivity index (χ0) is 23.4. The van der Waals surface area contributed by atoms with Crippen molar-refractivity contribution in [2.24, 2.45) is 5.92 Å². The lowest BCUT2D eigenvalue weighted by Crippen LogP contribution is -2.56. The van der Waals surface area contributed by atoms with E-state index in [2.05, 4.69) is 17.1 Å². The monoisotopic (exact) mass is 459 g/mol. The van der Waals surface area contributed by atoms with Crippen molar-refractivity contribution in [1.82, 2.24) is 15.1 Å². The molecule has 1 aromatic rings. The number of likely N-dealkylation sites (tertiary alicyclic amines) is 1. The molecular weight excluding hydrogens is 422 g/mol. The van der Waals surface area contributed by atoms with Gasteiger partial charge in [-0.3, -0.25) is 14.6 Å². The SMILES string of the molecule is CCCC1(C2CCN(Cc3cccc(OCC)c3O)CC2)NC(=O)N(CC2CCCO2)C1=O. The van der Waals surface area contributed by atoms with Crippen molar-refractivity contribution in [3.8, 4) is 11.5 Å². The van der Waals surface area contributed by atoms with Crippen molar-refractivity contribution in [3.63, 3.8) is 0 Å². The first-order chi connectivity index (χ1) is 16.0. The van der Waals surface area contributed by atoms with E-state index in [4.69, 9.17) is 9.47 Å². The Morgan fingerprint density at radius 2 is 2.00 bits per heavy atom. The predicted octanol–water partition coefficient (Wildman–Crippen LogP) is 3.27. The molecule has 0 spiro atoms. The number of phenolic OH excluding ortho intramolecular Hbond substituents is 1. The van der Waals surface area contributed by atoms with Crippen LogP contribution in [-0.2, 0) is 16.1 Å². The highest BCUT2D eigenvalue weighted by Gasteiger charge is 2.55. The summed E-state index contributed by atoms with van der Waals surface area (Å²) >= 11 is 0. The van der Waals surface area contributed by atoms with Crippen LogP contribution in [0.1, 0.15) is 57.9 Å². The lowest BCUT2D eigenvalue weighted by molar-refractivity contribution is -0.135. The van der Waals surface area contributed by atoms with Gasteiger partial charge in [-0.05, 0) is 64.1 Å². The van der Waals surface area contributed by atoms with Crippen molar-refractivity contribution in [3.05, 3.63) is 23.8 Å². The molecule has 3 saturated heterocycles. The smallest absolute Gasteiger partial charge is 0.325 e. The van der Waals surface area contributed by atoms with Gasteiger partial charge in [0.1, 0.15) is 5.54 Å². The third-order valence-corrected chi connectivity index (χ3v) is 7.32. The minimum absolute atomic E-state index is 0.0425. The van der Waals surface area contributed by atoms with Gasteiger partial charge in [-0.15, -0.1) is 0 Å². The normalized spacial score (nSPS) is 26.7. The number of rotatable bonds is 9. The lowest BCUT2D eigenvalue weighted by atomic mass is 9.74. The number of nitrogens with zero attached hydrogens (tertiary/aromatic N) is 2. The standard InChI is InChI=1S/C25H37N3O5/c1-3-12-25(23(30)28(24(31)26-25)17-20-8-6-15-33-20)19-10-13-27(14-11-19)16-18-7-5-9-21(22(18)29)32-4-2/h5,7,9,19-20,29H,3-4,6,8,10-17H2,1-2H3,(H,26,31). The average Bonchev–Trinajstić information content (AvgIpc) is 3.40. The van der Waals surface area contributed by atoms with Gasteiger partial charge in [0.15, 0.2) is 11.5 Å². The fourth-order valence-corrected chi connectivity index (χ4v) is 5.64. The number of carbonyl (C=O) groups excluding carboxylic acids is 2. The molecule has 3 fully saturated rings. The Morgan fingerprint density at radius 1 is 1.21 bits per heavy atom. The van der Waals surface area contributed by atoms with E-state index in [1.807, 2.05) is 19.1 Å². The Bertz CT molecular complexity index is 848. The molecule has 3 aliphatic rings. The summed E-state index contributed by atoms with van der Waals surface area (Å²) in [6.07, 6.45) is 4.97. The second-order valence-corrected chi connectivity index (χ2v) is 9.45. The van der Waals surface area contributed by atoms with Crippen LogP contribution in [0.3, 0.4) is 0 Å². The van der Waals surface area contributed by atoms with Crippen molar-refractivity contribution in [2.75, 3.05) is 32.8 Å². The Labute approximate surface area is 196 Å². The number of phenols is 1. The first kappa shape index (κ1) is 23.8. The third kappa shape index (κ3) is 4.82. The van der Waals surface area contributed by atoms with Gasteiger partial charge in [0.05, 0.1) is 19.3 Å². The van der Waals surface area contributed by atoms with Crippen LogP contribution in [0.4, 0.5) is 4.79 Å². The van der Waals surface area contributed by atoms with Gasteiger partial charge < -0.3 is 19.9 Å². The van der Waals surface area contributed by atoms with Crippen LogP contribution < -0.4 is 10.1 Å². The molecule has 3 aliphatic heterocycles. The molecule has 2 unspecified atom stereocenters. The quantitative estimate of drug-likeness (QED) is 0.551. The second kappa shape index (κ2) is 10.3. The zero-order valence-corrected chi connectivity index (χ0v) is 19.8. The number of carbonyl (C=O) groups is 2. The van der Waals surface area contributed by atoms with Crippen molar-refractivity contribution < 1.29 is 24.2 Å². The fourth-order valence-electron chi connectivity index (χ4n) is 5.64. The molecule has 3 heterocycles. The lowest BCUT2D eigenvalue weighted by Gasteiger charge is -2.41. The molecule has 0 aliphatic carbocycles. The number of aromatic hydroxyl groups is 1. The van der Waals surface area contributed by atoms with E-state index in [1.165, 1.54) is 4.90 Å². The Kier molecular flexibility index (Phi) is 7.44. The Balaban J connectivity index is 1.41. The number of ether oxygens (including phenoxy) is 2. The second-order valence-electron chi connectivity index (χ2n) is 9.45.